The first-order valence-electron chi connectivity index (χ1n) is 7.31. The number of nitrogens with one attached hydrogen (secondary N) is 3. The maximum Gasteiger partial charge on any atom is 0.223 e. The molecule has 108 valence electrons. The lowest BCUT2D eigenvalue weighted by atomic mass is 9.92. The van der Waals surface area contributed by atoms with E-state index >= 15 is 0 Å². The monoisotopic (exact) mass is 267 g/mol. The number of rotatable bonds is 5. The molecule has 1 aliphatic carbocycles. The van der Waals surface area contributed by atoms with Gasteiger partial charge in [-0.15, -0.1) is 0 Å². The van der Waals surface area contributed by atoms with E-state index in [4.69, 9.17) is 0 Å². The van der Waals surface area contributed by atoms with Gasteiger partial charge in [-0.3, -0.25) is 9.59 Å². The van der Waals surface area contributed by atoms with Gasteiger partial charge in [-0.25, -0.2) is 0 Å². The Morgan fingerprint density at radius 3 is 2.63 bits per heavy atom. The van der Waals surface area contributed by atoms with E-state index in [1.165, 1.54) is 0 Å². The maximum absolute atomic E-state index is 12.0. The summed E-state index contributed by atoms with van der Waals surface area (Å²) >= 11 is 0. The molecule has 0 aromatic heterocycles. The molecule has 2 aliphatic rings. The van der Waals surface area contributed by atoms with Crippen LogP contribution in [0.2, 0.25) is 0 Å². The van der Waals surface area contributed by atoms with Gasteiger partial charge in [0.2, 0.25) is 11.8 Å². The van der Waals surface area contributed by atoms with E-state index < -0.39 is 0 Å². The Bertz CT molecular complexity index is 349. The van der Waals surface area contributed by atoms with Crippen molar-refractivity contribution in [3.63, 3.8) is 0 Å². The lowest BCUT2D eigenvalue weighted by Gasteiger charge is -2.23. The van der Waals surface area contributed by atoms with Crippen LogP contribution < -0.4 is 16.0 Å². The fourth-order valence-electron chi connectivity index (χ4n) is 3.01. The summed E-state index contributed by atoms with van der Waals surface area (Å²) in [5, 5.41) is 9.05. The second-order valence-corrected chi connectivity index (χ2v) is 6.13. The van der Waals surface area contributed by atoms with Crippen LogP contribution in [-0.4, -0.2) is 37.5 Å². The van der Waals surface area contributed by atoms with Gasteiger partial charge in [-0.1, -0.05) is 0 Å². The molecule has 1 spiro atoms. The number of carbonyl (C=O) groups excluding carboxylic acids is 2. The second kappa shape index (κ2) is 5.90. The lowest BCUT2D eigenvalue weighted by Crippen LogP contribution is -2.36. The van der Waals surface area contributed by atoms with Crippen LogP contribution in [0.4, 0.5) is 0 Å². The molecule has 0 aromatic rings. The standard InChI is InChI=1S/C14H25N3O2/c1-10(2)17-12(18)3-6-16-13(19)11-9-14(11)4-7-15-8-5-14/h10-11,15H,3-9H2,1-2H3,(H,16,19)(H,17,18). The van der Waals surface area contributed by atoms with Crippen LogP contribution in [0, 0.1) is 11.3 Å². The summed E-state index contributed by atoms with van der Waals surface area (Å²) in [6.07, 6.45) is 3.61. The van der Waals surface area contributed by atoms with Gasteiger partial charge >= 0.3 is 0 Å². The Morgan fingerprint density at radius 2 is 2.00 bits per heavy atom. The lowest BCUT2D eigenvalue weighted by molar-refractivity contribution is -0.123. The van der Waals surface area contributed by atoms with E-state index in [1.807, 2.05) is 13.8 Å². The average Bonchev–Trinajstić information content (AvgIpc) is 3.03. The van der Waals surface area contributed by atoms with Gasteiger partial charge in [0.1, 0.15) is 0 Å². The zero-order chi connectivity index (χ0) is 13.9. The molecule has 0 aromatic carbocycles. The largest absolute Gasteiger partial charge is 0.355 e. The quantitative estimate of drug-likeness (QED) is 0.675. The summed E-state index contributed by atoms with van der Waals surface area (Å²) < 4.78 is 0. The highest BCUT2D eigenvalue weighted by molar-refractivity contribution is 5.83. The van der Waals surface area contributed by atoms with E-state index in [9.17, 15) is 9.59 Å². The number of hydrogen-bond acceptors (Lipinski definition) is 3. The third kappa shape index (κ3) is 3.69. The molecule has 1 heterocycles. The Hall–Kier alpha value is -1.10. The SMILES string of the molecule is CC(C)NC(=O)CCNC(=O)C1CC12CCNCC2. The molecule has 1 unspecified atom stereocenters. The van der Waals surface area contributed by atoms with Crippen molar-refractivity contribution in [2.24, 2.45) is 11.3 Å². The summed E-state index contributed by atoms with van der Waals surface area (Å²) in [7, 11) is 0. The van der Waals surface area contributed by atoms with E-state index in [-0.39, 0.29) is 29.2 Å². The van der Waals surface area contributed by atoms with Crippen LogP contribution in [0.1, 0.15) is 39.5 Å². The number of carbonyl (C=O) groups is 2. The summed E-state index contributed by atoms with van der Waals surface area (Å²) in [5.74, 6) is 0.324. The second-order valence-electron chi connectivity index (χ2n) is 6.13. The predicted octanol–water partition coefficient (Wildman–Crippen LogP) is 0.407. The zero-order valence-corrected chi connectivity index (χ0v) is 11.9. The summed E-state index contributed by atoms with van der Waals surface area (Å²) in [5.41, 5.74) is 0.273. The van der Waals surface area contributed by atoms with E-state index in [0.717, 1.165) is 32.4 Å². The van der Waals surface area contributed by atoms with Crippen molar-refractivity contribution < 1.29 is 9.59 Å². The van der Waals surface area contributed by atoms with Crippen molar-refractivity contribution in [1.29, 1.82) is 0 Å². The van der Waals surface area contributed by atoms with Gasteiger partial charge < -0.3 is 16.0 Å². The van der Waals surface area contributed by atoms with Gasteiger partial charge in [-0.05, 0) is 51.6 Å². The van der Waals surface area contributed by atoms with Crippen molar-refractivity contribution in [3.05, 3.63) is 0 Å². The van der Waals surface area contributed by atoms with Gasteiger partial charge in [0.25, 0.3) is 0 Å². The molecular weight excluding hydrogens is 242 g/mol. The Kier molecular flexibility index (Phi) is 4.45. The van der Waals surface area contributed by atoms with Crippen LogP contribution in [-0.2, 0) is 9.59 Å². The van der Waals surface area contributed by atoms with E-state index in [2.05, 4.69) is 16.0 Å². The molecule has 19 heavy (non-hydrogen) atoms. The molecule has 3 N–H and O–H groups in total. The van der Waals surface area contributed by atoms with E-state index in [1.54, 1.807) is 0 Å². The van der Waals surface area contributed by atoms with Gasteiger partial charge in [0.05, 0.1) is 0 Å². The molecule has 2 rings (SSSR count). The third-order valence-electron chi connectivity index (χ3n) is 4.21. The molecule has 1 aliphatic heterocycles. The van der Waals surface area contributed by atoms with Gasteiger partial charge in [-0.2, -0.15) is 0 Å². The van der Waals surface area contributed by atoms with Crippen molar-refractivity contribution in [2.45, 2.75) is 45.6 Å². The van der Waals surface area contributed by atoms with Crippen LogP contribution in [0.3, 0.4) is 0 Å². The summed E-state index contributed by atoms with van der Waals surface area (Å²) in [4.78, 5) is 23.5. The molecule has 2 amide bonds. The highest BCUT2D eigenvalue weighted by Crippen LogP contribution is 2.58. The Labute approximate surface area is 114 Å². The molecule has 1 atom stereocenters. The van der Waals surface area contributed by atoms with Crippen molar-refractivity contribution in [2.75, 3.05) is 19.6 Å². The fourth-order valence-corrected chi connectivity index (χ4v) is 3.01. The van der Waals surface area contributed by atoms with E-state index in [0.29, 0.717) is 13.0 Å². The fraction of sp³-hybridized carbons (Fsp3) is 0.857. The first-order valence-corrected chi connectivity index (χ1v) is 7.31. The number of amides is 2. The molecule has 1 saturated carbocycles. The van der Waals surface area contributed by atoms with Crippen molar-refractivity contribution >= 4 is 11.8 Å². The minimum atomic E-state index is 0.00248. The minimum absolute atomic E-state index is 0.00248. The van der Waals surface area contributed by atoms with Crippen molar-refractivity contribution in [1.82, 2.24) is 16.0 Å². The average molecular weight is 267 g/mol. The smallest absolute Gasteiger partial charge is 0.223 e. The highest BCUT2D eigenvalue weighted by Gasteiger charge is 2.57. The van der Waals surface area contributed by atoms with Crippen LogP contribution >= 0.6 is 0 Å². The normalized spacial score (nSPS) is 24.3. The highest BCUT2D eigenvalue weighted by atomic mass is 16.2. The Morgan fingerprint density at radius 1 is 1.32 bits per heavy atom. The molecule has 0 bridgehead atoms. The van der Waals surface area contributed by atoms with Crippen molar-refractivity contribution in [3.8, 4) is 0 Å². The molecule has 5 nitrogen and oxygen atoms in total. The molecular formula is C14H25N3O2. The maximum atomic E-state index is 12.0. The van der Waals surface area contributed by atoms with Crippen LogP contribution in [0.15, 0.2) is 0 Å². The molecule has 1 saturated heterocycles. The first kappa shape index (κ1) is 14.3. The van der Waals surface area contributed by atoms with Crippen LogP contribution in [0.5, 0.6) is 0 Å². The summed E-state index contributed by atoms with van der Waals surface area (Å²) in [6, 6.07) is 0.157. The van der Waals surface area contributed by atoms with Crippen LogP contribution in [0.25, 0.3) is 0 Å². The van der Waals surface area contributed by atoms with Gasteiger partial charge in [0.15, 0.2) is 0 Å². The summed E-state index contributed by atoms with van der Waals surface area (Å²) in [6.45, 7) is 6.37. The zero-order valence-electron chi connectivity index (χ0n) is 11.9. The number of hydrogen-bond donors (Lipinski definition) is 3. The van der Waals surface area contributed by atoms with Gasteiger partial charge in [0, 0.05) is 24.9 Å². The molecule has 5 heteroatoms. The molecule has 0 radical (unpaired) electrons. The molecule has 2 fully saturated rings. The number of piperidine rings is 1. The first-order chi connectivity index (χ1) is 9.03. The predicted molar refractivity (Wildman–Crippen MR) is 73.5 cm³/mol. The minimum Gasteiger partial charge on any atom is -0.355 e. The Balaban J connectivity index is 1.65. The third-order valence-corrected chi connectivity index (χ3v) is 4.21. The topological polar surface area (TPSA) is 70.2 Å².